The highest BCUT2D eigenvalue weighted by molar-refractivity contribution is 7.90. The molecule has 0 saturated heterocycles. The van der Waals surface area contributed by atoms with Crippen LogP contribution in [-0.2, 0) is 34.4 Å². The highest BCUT2D eigenvalue weighted by atomic mass is 32.2. The van der Waals surface area contributed by atoms with Gasteiger partial charge in [-0.3, -0.25) is 0 Å². The topological polar surface area (TPSA) is 123 Å². The first-order valence-electron chi connectivity index (χ1n) is 8.88. The molecular weight excluding hydrogens is 431 g/mol. The smallest absolute Gasteiger partial charge is 0.475 e. The molecule has 0 spiro atoms. The third-order valence-corrected chi connectivity index (χ3v) is 6.76. The number of rotatable bonds is 5. The molecule has 2 aromatic heterocycles. The second kappa shape index (κ2) is 8.60. The number of halogens is 3. The Balaban J connectivity index is 0.000000318. The Kier molecular flexibility index (Phi) is 6.31. The molecule has 0 radical (unpaired) electrons. The minimum Gasteiger partial charge on any atom is -0.475 e. The van der Waals surface area contributed by atoms with Gasteiger partial charge in [0.2, 0.25) is 15.9 Å². The Bertz CT molecular complexity index is 990. The van der Waals surface area contributed by atoms with E-state index in [2.05, 4.69) is 10.1 Å². The first-order chi connectivity index (χ1) is 14.1. The average molecular weight is 449 g/mol. The molecule has 1 N–H and O–H groups in total. The summed E-state index contributed by atoms with van der Waals surface area (Å²) < 4.78 is 69.0. The molecule has 2 aromatic rings. The number of carboxylic acid groups (broad SMARTS) is 1. The minimum atomic E-state index is -5.08. The molecule has 30 heavy (non-hydrogen) atoms. The fourth-order valence-corrected chi connectivity index (χ4v) is 4.53. The van der Waals surface area contributed by atoms with Crippen molar-refractivity contribution in [2.45, 2.75) is 43.8 Å². The van der Waals surface area contributed by atoms with E-state index in [9.17, 15) is 21.6 Å². The van der Waals surface area contributed by atoms with Crippen molar-refractivity contribution in [2.75, 3.05) is 6.54 Å². The first-order valence-corrected chi connectivity index (χ1v) is 10.4. The number of aromatic nitrogens is 2. The Morgan fingerprint density at radius 3 is 2.60 bits per heavy atom. The van der Waals surface area contributed by atoms with Crippen molar-refractivity contribution in [3.63, 3.8) is 0 Å². The third kappa shape index (κ3) is 5.27. The van der Waals surface area contributed by atoms with Gasteiger partial charge in [0.25, 0.3) is 0 Å². The lowest BCUT2D eigenvalue weighted by atomic mass is 10.1. The number of carbonyl (C=O) groups is 1. The van der Waals surface area contributed by atoms with Gasteiger partial charge in [0.15, 0.2) is 0 Å². The molecule has 0 amide bonds. The standard InChI is InChI=1S/C15H17N3O4S.C2HF3O2/c19-23(20,11-4-5-11)18-8-6-14-12(9-18)13(17-22-14)10-21-15-3-1-2-7-16-15;3-2(4,5)1(6)7/h1-3,7,11H,4-6,8-10H2;(H,6,7). The van der Waals surface area contributed by atoms with Gasteiger partial charge in [-0.05, 0) is 18.9 Å². The van der Waals surface area contributed by atoms with Crippen LogP contribution in [0.2, 0.25) is 0 Å². The molecule has 3 heterocycles. The van der Waals surface area contributed by atoms with E-state index in [1.54, 1.807) is 16.6 Å². The summed E-state index contributed by atoms with van der Waals surface area (Å²) in [6.07, 6.45) is -1.34. The number of alkyl halides is 3. The zero-order valence-corrected chi connectivity index (χ0v) is 16.3. The van der Waals surface area contributed by atoms with Gasteiger partial charge < -0.3 is 14.4 Å². The number of pyridine rings is 1. The van der Waals surface area contributed by atoms with Crippen LogP contribution in [0.4, 0.5) is 13.2 Å². The fraction of sp³-hybridized carbons (Fsp3) is 0.471. The fourth-order valence-electron chi connectivity index (χ4n) is 2.72. The lowest BCUT2D eigenvalue weighted by Crippen LogP contribution is -2.38. The van der Waals surface area contributed by atoms with Gasteiger partial charge in [-0.25, -0.2) is 18.2 Å². The highest BCUT2D eigenvalue weighted by Gasteiger charge is 2.42. The van der Waals surface area contributed by atoms with Gasteiger partial charge in [-0.15, -0.1) is 0 Å². The van der Waals surface area contributed by atoms with Gasteiger partial charge in [0, 0.05) is 37.3 Å². The lowest BCUT2D eigenvalue weighted by molar-refractivity contribution is -0.192. The Labute approximate surface area is 169 Å². The van der Waals surface area contributed by atoms with E-state index in [1.807, 2.05) is 12.1 Å². The molecule has 0 unspecified atom stereocenters. The zero-order chi connectivity index (χ0) is 21.9. The van der Waals surface area contributed by atoms with Crippen LogP contribution in [0.25, 0.3) is 0 Å². The normalized spacial score (nSPS) is 16.9. The number of carboxylic acids is 1. The molecule has 1 aliphatic heterocycles. The largest absolute Gasteiger partial charge is 0.490 e. The highest BCUT2D eigenvalue weighted by Crippen LogP contribution is 2.34. The molecule has 4 rings (SSSR count). The maximum Gasteiger partial charge on any atom is 0.490 e. The van der Waals surface area contributed by atoms with E-state index < -0.39 is 22.2 Å². The van der Waals surface area contributed by atoms with Gasteiger partial charge in [0.05, 0.1) is 5.25 Å². The van der Waals surface area contributed by atoms with E-state index in [-0.39, 0.29) is 11.9 Å². The molecule has 1 fully saturated rings. The first kappa shape index (κ1) is 22.0. The van der Waals surface area contributed by atoms with Crippen molar-refractivity contribution >= 4 is 16.0 Å². The third-order valence-electron chi connectivity index (χ3n) is 4.42. The molecule has 0 aromatic carbocycles. The molecule has 164 valence electrons. The predicted molar refractivity (Wildman–Crippen MR) is 94.8 cm³/mol. The lowest BCUT2D eigenvalue weighted by Gasteiger charge is -2.25. The summed E-state index contributed by atoms with van der Waals surface area (Å²) in [4.78, 5) is 13.0. The van der Waals surface area contributed by atoms with Crippen molar-refractivity contribution in [2.24, 2.45) is 0 Å². The summed E-state index contributed by atoms with van der Waals surface area (Å²) in [5, 5.41) is 11.0. The van der Waals surface area contributed by atoms with Crippen LogP contribution in [0.5, 0.6) is 5.88 Å². The predicted octanol–water partition coefficient (Wildman–Crippen LogP) is 2.13. The summed E-state index contributed by atoms with van der Waals surface area (Å²) in [6, 6.07) is 5.41. The Hall–Kier alpha value is -2.67. The van der Waals surface area contributed by atoms with Crippen molar-refractivity contribution in [1.29, 1.82) is 0 Å². The van der Waals surface area contributed by atoms with Crippen LogP contribution in [-0.4, -0.2) is 51.9 Å². The van der Waals surface area contributed by atoms with Crippen molar-refractivity contribution in [1.82, 2.24) is 14.4 Å². The number of hydrogen-bond acceptors (Lipinski definition) is 7. The van der Waals surface area contributed by atoms with E-state index in [4.69, 9.17) is 19.2 Å². The van der Waals surface area contributed by atoms with Crippen molar-refractivity contribution in [3.05, 3.63) is 41.4 Å². The molecule has 1 aliphatic carbocycles. The van der Waals surface area contributed by atoms with Crippen molar-refractivity contribution in [3.8, 4) is 5.88 Å². The van der Waals surface area contributed by atoms with Crippen LogP contribution in [0.3, 0.4) is 0 Å². The number of ether oxygens (including phenoxy) is 1. The number of sulfonamides is 1. The summed E-state index contributed by atoms with van der Waals surface area (Å²) in [7, 11) is -3.18. The summed E-state index contributed by atoms with van der Waals surface area (Å²) >= 11 is 0. The maximum atomic E-state index is 12.4. The SMILES string of the molecule is O=C(O)C(F)(F)F.O=S(=O)(C1CC1)N1CCc2onc(COc3ccccn3)c2C1. The number of nitrogens with zero attached hydrogens (tertiary/aromatic N) is 3. The molecule has 13 heteroatoms. The maximum absolute atomic E-state index is 12.4. The molecule has 1 saturated carbocycles. The quantitative estimate of drug-likeness (QED) is 0.737. The molecule has 2 aliphatic rings. The van der Waals surface area contributed by atoms with Crippen LogP contribution >= 0.6 is 0 Å². The summed E-state index contributed by atoms with van der Waals surface area (Å²) in [6.45, 7) is 0.993. The monoisotopic (exact) mass is 449 g/mol. The molecule has 0 bridgehead atoms. The van der Waals surface area contributed by atoms with Crippen LogP contribution in [0.15, 0.2) is 28.9 Å². The second-order valence-electron chi connectivity index (χ2n) is 6.62. The average Bonchev–Trinajstić information content (AvgIpc) is 3.48. The minimum absolute atomic E-state index is 0.197. The van der Waals surface area contributed by atoms with Crippen LogP contribution < -0.4 is 4.74 Å². The van der Waals surface area contributed by atoms with E-state index in [1.165, 1.54) is 0 Å². The van der Waals surface area contributed by atoms with Crippen LogP contribution in [0, 0.1) is 0 Å². The molecule has 0 atom stereocenters. The van der Waals surface area contributed by atoms with Crippen LogP contribution in [0.1, 0.15) is 29.9 Å². The second-order valence-corrected chi connectivity index (χ2v) is 8.83. The number of hydrogen-bond donors (Lipinski definition) is 1. The Morgan fingerprint density at radius 1 is 1.33 bits per heavy atom. The van der Waals surface area contributed by atoms with Crippen molar-refractivity contribution < 1.29 is 40.8 Å². The summed E-state index contributed by atoms with van der Waals surface area (Å²) in [5.74, 6) is -1.50. The van der Waals surface area contributed by atoms with E-state index in [0.717, 1.165) is 24.2 Å². The van der Waals surface area contributed by atoms with Gasteiger partial charge in [0.1, 0.15) is 18.1 Å². The van der Waals surface area contributed by atoms with Gasteiger partial charge in [-0.2, -0.15) is 17.5 Å². The number of aliphatic carboxylic acids is 1. The van der Waals surface area contributed by atoms with E-state index in [0.29, 0.717) is 31.1 Å². The van der Waals surface area contributed by atoms with E-state index >= 15 is 0 Å². The number of fused-ring (bicyclic) bond motifs is 1. The Morgan fingerprint density at radius 2 is 2.03 bits per heavy atom. The zero-order valence-electron chi connectivity index (χ0n) is 15.5. The molecular formula is C17H18F3N3O6S. The van der Waals surface area contributed by atoms with Gasteiger partial charge >= 0.3 is 12.1 Å². The summed E-state index contributed by atoms with van der Waals surface area (Å²) in [5.41, 5.74) is 1.47. The molecule has 9 nitrogen and oxygen atoms in total. The van der Waals surface area contributed by atoms with Gasteiger partial charge in [-0.1, -0.05) is 11.2 Å².